The second-order valence-electron chi connectivity index (χ2n) is 7.17. The van der Waals surface area contributed by atoms with E-state index in [1.807, 2.05) is 34.1 Å². The van der Waals surface area contributed by atoms with Crippen LogP contribution in [0.1, 0.15) is 17.9 Å². The smallest absolute Gasteiger partial charge is 0.294 e. The second-order valence-corrected chi connectivity index (χ2v) is 8.02. The van der Waals surface area contributed by atoms with Gasteiger partial charge in [-0.1, -0.05) is 41.4 Å². The van der Waals surface area contributed by atoms with Crippen LogP contribution in [0.4, 0.5) is 11.4 Å². The fourth-order valence-corrected chi connectivity index (χ4v) is 4.34. The molecule has 6 nitrogen and oxygen atoms in total. The molecule has 2 unspecified atom stereocenters. The molecule has 0 spiro atoms. The van der Waals surface area contributed by atoms with Crippen LogP contribution in [-0.2, 0) is 4.79 Å². The molecule has 0 aromatic heterocycles. The van der Waals surface area contributed by atoms with Crippen molar-refractivity contribution in [3.05, 3.63) is 68.2 Å². The fourth-order valence-electron chi connectivity index (χ4n) is 3.90. The number of nitrogens with zero attached hydrogens (tertiary/aromatic N) is 3. The molecule has 1 saturated carbocycles. The van der Waals surface area contributed by atoms with Crippen LogP contribution in [0, 0.1) is 16.0 Å². The number of nitro benzene ring substituents is 1. The quantitative estimate of drug-likeness (QED) is 0.545. The predicted octanol–water partition coefficient (Wildman–Crippen LogP) is 4.35. The molecule has 2 aromatic carbocycles. The van der Waals surface area contributed by atoms with Crippen LogP contribution in [0.25, 0.3) is 0 Å². The fraction of sp³-hybridized carbons (Fsp3) is 0.350. The van der Waals surface area contributed by atoms with Gasteiger partial charge in [0, 0.05) is 48.2 Å². The Hall–Kier alpha value is -2.31. The summed E-state index contributed by atoms with van der Waals surface area (Å²) in [6.07, 6.45) is 0.825. The summed E-state index contributed by atoms with van der Waals surface area (Å²) in [6, 6.07) is 12.4. The normalized spacial score (nSPS) is 21.5. The minimum absolute atomic E-state index is 0.00625. The van der Waals surface area contributed by atoms with Gasteiger partial charge in [0.2, 0.25) is 5.91 Å². The number of rotatable bonds is 4. The highest BCUT2D eigenvalue weighted by atomic mass is 35.5. The van der Waals surface area contributed by atoms with Crippen molar-refractivity contribution in [1.82, 2.24) is 4.90 Å². The van der Waals surface area contributed by atoms with Crippen LogP contribution in [0.3, 0.4) is 0 Å². The summed E-state index contributed by atoms with van der Waals surface area (Å²) < 4.78 is 0. The lowest BCUT2D eigenvalue weighted by molar-refractivity contribution is -0.384. The average molecular weight is 420 g/mol. The standard InChI is InChI=1S/C20H19Cl2N3O3/c21-13-5-6-18(19(11-13)25(27)28)23-7-9-24(10-8-23)20(26)16-12-15(16)14-3-1-2-4-17(14)22/h1-6,11,15-16H,7-10,12H2. The van der Waals surface area contributed by atoms with Gasteiger partial charge in [-0.25, -0.2) is 0 Å². The summed E-state index contributed by atoms with van der Waals surface area (Å²) in [6.45, 7) is 2.20. The third-order valence-electron chi connectivity index (χ3n) is 5.48. The SMILES string of the molecule is O=C(C1CC1c1ccccc1Cl)N1CCN(c2ccc(Cl)cc2[N+](=O)[O-])CC1. The molecular formula is C20H19Cl2N3O3. The molecule has 1 aliphatic carbocycles. The zero-order valence-electron chi connectivity index (χ0n) is 15.1. The first-order chi connectivity index (χ1) is 13.5. The molecule has 2 fully saturated rings. The zero-order valence-corrected chi connectivity index (χ0v) is 16.6. The van der Waals surface area contributed by atoms with Crippen LogP contribution in [0.5, 0.6) is 0 Å². The van der Waals surface area contributed by atoms with E-state index in [-0.39, 0.29) is 23.4 Å². The van der Waals surface area contributed by atoms with Gasteiger partial charge in [-0.15, -0.1) is 0 Å². The first-order valence-corrected chi connectivity index (χ1v) is 9.93. The molecule has 28 heavy (non-hydrogen) atoms. The maximum absolute atomic E-state index is 12.9. The minimum Gasteiger partial charge on any atom is -0.362 e. The summed E-state index contributed by atoms with van der Waals surface area (Å²) in [5, 5.41) is 12.4. The Bertz CT molecular complexity index is 929. The van der Waals surface area contributed by atoms with Crippen molar-refractivity contribution in [2.24, 2.45) is 5.92 Å². The molecule has 2 aliphatic rings. The topological polar surface area (TPSA) is 66.7 Å². The van der Waals surface area contributed by atoms with Crippen molar-refractivity contribution in [3.8, 4) is 0 Å². The average Bonchev–Trinajstić information content (AvgIpc) is 3.48. The van der Waals surface area contributed by atoms with Crippen molar-refractivity contribution in [3.63, 3.8) is 0 Å². The van der Waals surface area contributed by atoms with E-state index in [4.69, 9.17) is 23.2 Å². The molecule has 2 aromatic rings. The summed E-state index contributed by atoms with van der Waals surface area (Å²) in [5.41, 5.74) is 1.58. The predicted molar refractivity (Wildman–Crippen MR) is 109 cm³/mol. The first kappa shape index (κ1) is 19.0. The Morgan fingerprint density at radius 3 is 2.46 bits per heavy atom. The van der Waals surface area contributed by atoms with Gasteiger partial charge in [0.1, 0.15) is 5.69 Å². The summed E-state index contributed by atoms with van der Waals surface area (Å²) in [7, 11) is 0. The number of carbonyl (C=O) groups is 1. The molecule has 2 atom stereocenters. The Morgan fingerprint density at radius 2 is 1.79 bits per heavy atom. The number of carbonyl (C=O) groups excluding carboxylic acids is 1. The van der Waals surface area contributed by atoms with Crippen LogP contribution < -0.4 is 4.90 Å². The number of hydrogen-bond donors (Lipinski definition) is 0. The van der Waals surface area contributed by atoms with Crippen LogP contribution in [0.2, 0.25) is 10.0 Å². The van der Waals surface area contributed by atoms with E-state index in [2.05, 4.69) is 0 Å². The Morgan fingerprint density at radius 1 is 1.07 bits per heavy atom. The Labute approximate surface area is 172 Å². The van der Waals surface area contributed by atoms with E-state index in [9.17, 15) is 14.9 Å². The van der Waals surface area contributed by atoms with Gasteiger partial charge in [-0.3, -0.25) is 14.9 Å². The van der Waals surface area contributed by atoms with E-state index >= 15 is 0 Å². The number of piperazine rings is 1. The molecule has 0 radical (unpaired) electrons. The van der Waals surface area contributed by atoms with E-state index in [1.54, 1.807) is 12.1 Å². The number of benzene rings is 2. The Kier molecular flexibility index (Phi) is 5.17. The number of halogens is 2. The second kappa shape index (κ2) is 7.60. The molecule has 1 aliphatic heterocycles. The minimum atomic E-state index is -0.420. The third-order valence-corrected chi connectivity index (χ3v) is 6.06. The first-order valence-electron chi connectivity index (χ1n) is 9.18. The summed E-state index contributed by atoms with van der Waals surface area (Å²) >= 11 is 12.2. The highest BCUT2D eigenvalue weighted by Crippen LogP contribution is 2.50. The largest absolute Gasteiger partial charge is 0.362 e. The molecule has 1 saturated heterocycles. The highest BCUT2D eigenvalue weighted by molar-refractivity contribution is 6.31. The van der Waals surface area contributed by atoms with Gasteiger partial charge >= 0.3 is 0 Å². The van der Waals surface area contributed by atoms with Gasteiger partial charge in [0.15, 0.2) is 0 Å². The van der Waals surface area contributed by atoms with Gasteiger partial charge in [-0.2, -0.15) is 0 Å². The van der Waals surface area contributed by atoms with Crippen LogP contribution in [0.15, 0.2) is 42.5 Å². The zero-order chi connectivity index (χ0) is 19.8. The Balaban J connectivity index is 1.40. The van der Waals surface area contributed by atoms with Crippen LogP contribution in [-0.4, -0.2) is 41.9 Å². The van der Waals surface area contributed by atoms with Gasteiger partial charge < -0.3 is 9.80 Å². The maximum atomic E-state index is 12.9. The molecule has 146 valence electrons. The van der Waals surface area contributed by atoms with Crippen molar-refractivity contribution in [1.29, 1.82) is 0 Å². The van der Waals surface area contributed by atoms with Gasteiger partial charge in [0.25, 0.3) is 5.69 Å². The molecule has 1 heterocycles. The molecular weight excluding hydrogens is 401 g/mol. The third kappa shape index (κ3) is 3.66. The van der Waals surface area contributed by atoms with Crippen molar-refractivity contribution in [2.45, 2.75) is 12.3 Å². The number of anilines is 1. The van der Waals surface area contributed by atoms with Crippen molar-refractivity contribution >= 4 is 40.5 Å². The lowest BCUT2D eigenvalue weighted by atomic mass is 10.1. The molecule has 4 rings (SSSR count). The number of hydrogen-bond acceptors (Lipinski definition) is 4. The number of nitro groups is 1. The van der Waals surface area contributed by atoms with Crippen molar-refractivity contribution in [2.75, 3.05) is 31.1 Å². The van der Waals surface area contributed by atoms with Crippen molar-refractivity contribution < 1.29 is 9.72 Å². The molecule has 1 amide bonds. The summed E-state index contributed by atoms with van der Waals surface area (Å²) in [4.78, 5) is 27.6. The number of amides is 1. The van der Waals surface area contributed by atoms with Gasteiger partial charge in [-0.05, 0) is 36.1 Å². The van der Waals surface area contributed by atoms with E-state index in [1.165, 1.54) is 6.07 Å². The molecule has 0 N–H and O–H groups in total. The van der Waals surface area contributed by atoms with E-state index in [0.29, 0.717) is 41.9 Å². The highest BCUT2D eigenvalue weighted by Gasteiger charge is 2.46. The molecule has 0 bridgehead atoms. The van der Waals surface area contributed by atoms with Crippen LogP contribution >= 0.6 is 23.2 Å². The maximum Gasteiger partial charge on any atom is 0.294 e. The monoisotopic (exact) mass is 419 g/mol. The van der Waals surface area contributed by atoms with E-state index in [0.717, 1.165) is 12.0 Å². The lowest BCUT2D eigenvalue weighted by Gasteiger charge is -2.36. The summed E-state index contributed by atoms with van der Waals surface area (Å²) in [5.74, 6) is 0.322. The van der Waals surface area contributed by atoms with E-state index < -0.39 is 4.92 Å². The van der Waals surface area contributed by atoms with Gasteiger partial charge in [0.05, 0.1) is 4.92 Å². The lowest BCUT2D eigenvalue weighted by Crippen LogP contribution is -2.49. The molecule has 8 heteroatoms.